The molecule has 5 atom stereocenters. The molecule has 626 valence electrons. The number of benzene rings is 20. The van der Waals surface area contributed by atoms with Gasteiger partial charge in [-0.3, -0.25) is 0 Å². The van der Waals surface area contributed by atoms with Gasteiger partial charge in [0.15, 0.2) is 14.3 Å². The van der Waals surface area contributed by atoms with Gasteiger partial charge < -0.3 is 28.1 Å². The minimum Gasteiger partial charge on any atom is -0.310 e. The molecule has 133 heavy (non-hydrogen) atoms. The van der Waals surface area contributed by atoms with E-state index >= 15 is 9.13 Å². The minimum atomic E-state index is -3.61. The Labute approximate surface area is 772 Å². The highest BCUT2D eigenvalue weighted by Crippen LogP contribution is 2.65. The van der Waals surface area contributed by atoms with Crippen molar-refractivity contribution in [2.24, 2.45) is 0 Å². The maximum absolute atomic E-state index is 17.6. The predicted molar refractivity (Wildman–Crippen MR) is 552 cm³/mol. The van der Waals surface area contributed by atoms with Gasteiger partial charge in [0, 0.05) is 92.8 Å². The largest absolute Gasteiger partial charge is 0.310 e. The average Bonchev–Trinajstić information content (AvgIpc) is 1.65. The third kappa shape index (κ3) is 10.8. The predicted octanol–water partition coefficient (Wildman–Crippen LogP) is 28.6. The normalized spacial score (nSPS) is 18.2. The van der Waals surface area contributed by atoms with E-state index in [0.717, 1.165) is 184 Å². The molecule has 6 heterocycles. The van der Waals surface area contributed by atoms with Gasteiger partial charge in [-0.2, -0.15) is 0 Å². The molecule has 5 unspecified atom stereocenters. The SMILES string of the molecule is CC1(Cc2ccc(-c3ccc(N(c4ccc5c(c4)C4(c6ccccc6-n6c7ccccc7c7cccc4c76)c4ccccc4P5(=O)c4ccccc4)c4ccccc4-c4ccccc4)cc3)cc2)c2ccccc2-c2ccc(N(c3ccc(-c4ccccc4)cc3)c3ccc4c(c3)C3(c5ccccc5-n5c6ccccc6c6cccc3c65)c3ccccc3P4(=O)c3ccccc3)cc21. The fraction of sp³-hybridized carbons (Fsp3) is 0.0400. The van der Waals surface area contributed by atoms with E-state index < -0.39 is 30.5 Å². The monoisotopic (exact) mass is 1730 g/mol. The smallest absolute Gasteiger partial charge is 0.171 e. The van der Waals surface area contributed by atoms with Crippen LogP contribution in [0.5, 0.6) is 0 Å². The van der Waals surface area contributed by atoms with Gasteiger partial charge >= 0.3 is 0 Å². The molecule has 4 aliphatic heterocycles. The topological polar surface area (TPSA) is 50.5 Å². The Morgan fingerprint density at radius 2 is 0.586 bits per heavy atom. The van der Waals surface area contributed by atoms with Crippen LogP contribution in [0, 0.1) is 0 Å². The summed E-state index contributed by atoms with van der Waals surface area (Å²) < 4.78 is 40.0. The van der Waals surface area contributed by atoms with Crippen LogP contribution >= 0.6 is 14.3 Å². The molecular formula is C125H84N4O2P2. The van der Waals surface area contributed by atoms with Crippen LogP contribution in [0.25, 0.3) is 99.5 Å². The highest BCUT2D eigenvalue weighted by atomic mass is 31.2. The average molecular weight is 1740 g/mol. The van der Waals surface area contributed by atoms with Crippen molar-refractivity contribution in [1.82, 2.24) is 9.13 Å². The Kier molecular flexibility index (Phi) is 17.0. The van der Waals surface area contributed by atoms with Crippen LogP contribution in [-0.4, -0.2) is 9.13 Å². The molecule has 0 radical (unpaired) electrons. The summed E-state index contributed by atoms with van der Waals surface area (Å²) in [5, 5.41) is 9.74. The Morgan fingerprint density at radius 1 is 0.241 bits per heavy atom. The van der Waals surface area contributed by atoms with Crippen LogP contribution in [0.15, 0.2) is 479 Å². The first-order valence-corrected chi connectivity index (χ1v) is 49.4. The Bertz CT molecular complexity index is 8700. The summed E-state index contributed by atoms with van der Waals surface area (Å²) in [7, 11) is -7.20. The van der Waals surface area contributed by atoms with Gasteiger partial charge in [-0.1, -0.05) is 383 Å². The van der Waals surface area contributed by atoms with Gasteiger partial charge in [-0.25, -0.2) is 0 Å². The van der Waals surface area contributed by atoms with E-state index in [4.69, 9.17) is 0 Å². The van der Waals surface area contributed by atoms with E-state index in [2.05, 4.69) is 469 Å². The lowest BCUT2D eigenvalue weighted by Crippen LogP contribution is -2.48. The summed E-state index contributed by atoms with van der Waals surface area (Å²) >= 11 is 0. The van der Waals surface area contributed by atoms with Crippen LogP contribution in [0.1, 0.15) is 68.1 Å². The molecule has 0 N–H and O–H groups in total. The second kappa shape index (κ2) is 29.3. The number of anilines is 6. The molecule has 27 rings (SSSR count). The van der Waals surface area contributed by atoms with E-state index in [1.807, 2.05) is 36.4 Å². The quantitative estimate of drug-likeness (QED) is 0.108. The number of aromatic nitrogens is 2. The number of hydrogen-bond donors (Lipinski definition) is 0. The fourth-order valence-corrected chi connectivity index (χ4v) is 30.6. The molecule has 6 nitrogen and oxygen atoms in total. The number of rotatable bonds is 13. The van der Waals surface area contributed by atoms with Crippen molar-refractivity contribution >= 4 is 124 Å². The maximum atomic E-state index is 17.6. The van der Waals surface area contributed by atoms with Gasteiger partial charge in [-0.05, 0) is 210 Å². The second-order valence-corrected chi connectivity index (χ2v) is 41.9. The van der Waals surface area contributed by atoms with E-state index in [0.29, 0.717) is 0 Å². The van der Waals surface area contributed by atoms with Gasteiger partial charge in [0.05, 0.1) is 50.0 Å². The lowest BCUT2D eigenvalue weighted by Gasteiger charge is -2.48. The molecule has 8 heteroatoms. The van der Waals surface area contributed by atoms with Crippen LogP contribution in [-0.2, 0) is 31.8 Å². The first-order chi connectivity index (χ1) is 65.6. The van der Waals surface area contributed by atoms with Crippen molar-refractivity contribution in [2.45, 2.75) is 29.6 Å². The van der Waals surface area contributed by atoms with E-state index in [1.165, 1.54) is 49.4 Å². The molecule has 1 aliphatic carbocycles. The molecule has 5 aliphatic rings. The summed E-state index contributed by atoms with van der Waals surface area (Å²) in [6, 6.07) is 175. The number of fused-ring (bicyclic) bond motifs is 25. The molecule has 20 aromatic carbocycles. The molecule has 22 aromatic rings. The van der Waals surface area contributed by atoms with E-state index in [-0.39, 0.29) is 0 Å². The summed E-state index contributed by atoms with van der Waals surface area (Å²) in [6.07, 6.45) is 0.733. The first-order valence-electron chi connectivity index (χ1n) is 46.0. The van der Waals surface area contributed by atoms with Crippen molar-refractivity contribution in [3.63, 3.8) is 0 Å². The zero-order valence-electron chi connectivity index (χ0n) is 72.8. The molecule has 0 amide bonds. The first kappa shape index (κ1) is 77.0. The van der Waals surface area contributed by atoms with Gasteiger partial charge in [0.2, 0.25) is 0 Å². The van der Waals surface area contributed by atoms with Crippen molar-refractivity contribution < 1.29 is 9.13 Å². The second-order valence-electron chi connectivity index (χ2n) is 36.5. The Hall–Kier alpha value is -15.9. The van der Waals surface area contributed by atoms with E-state index in [9.17, 15) is 0 Å². The van der Waals surface area contributed by atoms with Crippen molar-refractivity contribution in [1.29, 1.82) is 0 Å². The maximum Gasteiger partial charge on any atom is 0.171 e. The molecule has 0 saturated carbocycles. The number of nitrogens with zero attached hydrogens (tertiary/aromatic N) is 4. The van der Waals surface area contributed by atoms with Crippen molar-refractivity contribution in [3.05, 3.63) is 540 Å². The van der Waals surface area contributed by atoms with Crippen LogP contribution in [0.2, 0.25) is 0 Å². The molecule has 2 spiro atoms. The van der Waals surface area contributed by atoms with Crippen LogP contribution < -0.4 is 41.6 Å². The molecule has 0 bridgehead atoms. The highest BCUT2D eigenvalue weighted by Gasteiger charge is 2.57. The third-order valence-electron chi connectivity index (χ3n) is 29.9. The Morgan fingerprint density at radius 3 is 1.11 bits per heavy atom. The molecule has 0 saturated heterocycles. The molecular weight excluding hydrogens is 1650 g/mol. The standard InChI is InChI=1S/C125H84N4O2P2/c1-123(81-82-60-62-84(63-61-82)86-66-70-89(71-67-86)127(112-53-23-15-40-95(112)87-34-8-3-9-35-87)92-74-77-120-111(80-92)125(106-50-22-29-59-118(106)133(120,131)94-38-12-5-13-39-94)104-48-20-27-57-116(104)129-114-55-25-17-43-99(114)101-45-31-52-108(125)122(101)129)102-46-18-14-41-96(102)97-75-72-90(78-109(97)123)126(88-68-64-85(65-69-88)83-32-6-2-7-33-83)91-73-76-119-110(79-91)124(105-49-21-28-58-117(105)132(119,130)93-36-10-4-11-37-93)103-47-19-26-56-115(103)128-113-54-24-16-42-98(113)100-44-30-51-107(124)121(100)128/h2-80H,81H2,1H3. The van der Waals surface area contributed by atoms with Gasteiger partial charge in [0.1, 0.15) is 0 Å². The van der Waals surface area contributed by atoms with Crippen LogP contribution in [0.3, 0.4) is 0 Å². The highest BCUT2D eigenvalue weighted by molar-refractivity contribution is 7.86. The van der Waals surface area contributed by atoms with Crippen molar-refractivity contribution in [3.8, 4) is 55.9 Å². The number of hydrogen-bond acceptors (Lipinski definition) is 4. The molecule has 0 fully saturated rings. The third-order valence-corrected chi connectivity index (χ3v) is 36.2. The zero-order valence-corrected chi connectivity index (χ0v) is 74.6. The lowest BCUT2D eigenvalue weighted by molar-refractivity contribution is 0.583. The zero-order chi connectivity index (χ0) is 88.0. The summed E-state index contributed by atoms with van der Waals surface area (Å²) in [6.45, 7) is 2.45. The fourth-order valence-electron chi connectivity index (χ4n) is 24.3. The van der Waals surface area contributed by atoms with Gasteiger partial charge in [-0.15, -0.1) is 0 Å². The summed E-state index contributed by atoms with van der Waals surface area (Å²) in [5.41, 5.74) is 31.9. The Balaban J connectivity index is 0.592. The van der Waals surface area contributed by atoms with Crippen molar-refractivity contribution in [2.75, 3.05) is 9.80 Å². The summed E-state index contributed by atoms with van der Waals surface area (Å²) in [5.74, 6) is 0. The van der Waals surface area contributed by atoms with Crippen LogP contribution in [0.4, 0.5) is 34.1 Å². The van der Waals surface area contributed by atoms with E-state index in [1.54, 1.807) is 0 Å². The minimum absolute atomic E-state index is 0.478. The molecule has 2 aromatic heterocycles. The number of para-hydroxylation sites is 7. The van der Waals surface area contributed by atoms with Gasteiger partial charge in [0.25, 0.3) is 0 Å². The lowest BCUT2D eigenvalue weighted by atomic mass is 9.62. The summed E-state index contributed by atoms with van der Waals surface area (Å²) in [4.78, 5) is 4.88.